The molecule has 17 heavy (non-hydrogen) atoms. The first-order valence-electron chi connectivity index (χ1n) is 6.22. The topological polar surface area (TPSA) is 44.8 Å². The highest BCUT2D eigenvalue weighted by Crippen LogP contribution is 2.38. The molecule has 0 aliphatic heterocycles. The summed E-state index contributed by atoms with van der Waals surface area (Å²) in [6.45, 7) is 7.14. The third kappa shape index (κ3) is 5.04. The highest BCUT2D eigenvalue weighted by atomic mass is 16.6. The van der Waals surface area contributed by atoms with Crippen LogP contribution in [0.5, 0.6) is 0 Å². The summed E-state index contributed by atoms with van der Waals surface area (Å²) >= 11 is 0. The van der Waals surface area contributed by atoms with E-state index in [4.69, 9.17) is 14.2 Å². The Morgan fingerprint density at radius 3 is 2.29 bits per heavy atom. The molecule has 0 spiro atoms. The first-order valence-corrected chi connectivity index (χ1v) is 6.22. The Kier molecular flexibility index (Phi) is 4.95. The third-order valence-corrected chi connectivity index (χ3v) is 2.99. The zero-order chi connectivity index (χ0) is 12.9. The molecule has 0 aromatic carbocycles. The van der Waals surface area contributed by atoms with E-state index in [0.29, 0.717) is 19.6 Å². The lowest BCUT2D eigenvalue weighted by atomic mass is 9.77. The van der Waals surface area contributed by atoms with Crippen LogP contribution in [0.1, 0.15) is 46.5 Å². The van der Waals surface area contributed by atoms with Crippen molar-refractivity contribution < 1.29 is 19.0 Å². The van der Waals surface area contributed by atoms with Gasteiger partial charge in [-0.1, -0.05) is 0 Å². The number of carbonyl (C=O) groups is 1. The van der Waals surface area contributed by atoms with Crippen molar-refractivity contribution in [3.63, 3.8) is 0 Å². The molecular weight excluding hydrogens is 220 g/mol. The van der Waals surface area contributed by atoms with Crippen LogP contribution in [-0.4, -0.2) is 37.5 Å². The van der Waals surface area contributed by atoms with Crippen molar-refractivity contribution in [1.82, 2.24) is 0 Å². The van der Waals surface area contributed by atoms with E-state index in [2.05, 4.69) is 0 Å². The van der Waals surface area contributed by atoms with Crippen molar-refractivity contribution in [3.8, 4) is 0 Å². The van der Waals surface area contributed by atoms with Gasteiger partial charge < -0.3 is 14.2 Å². The summed E-state index contributed by atoms with van der Waals surface area (Å²) < 4.78 is 16.1. The summed E-state index contributed by atoms with van der Waals surface area (Å²) in [4.78, 5) is 11.3. The predicted octanol–water partition coefficient (Wildman–Crippen LogP) is 2.30. The number of methoxy groups -OCH3 is 1. The summed E-state index contributed by atoms with van der Waals surface area (Å²) in [5.41, 5.74) is -0.424. The Morgan fingerprint density at radius 1 is 1.24 bits per heavy atom. The van der Waals surface area contributed by atoms with Gasteiger partial charge in [-0.25, -0.2) is 0 Å². The van der Waals surface area contributed by atoms with Crippen LogP contribution in [0.15, 0.2) is 0 Å². The molecule has 0 unspecified atom stereocenters. The zero-order valence-electron chi connectivity index (χ0n) is 11.4. The number of hydrogen-bond acceptors (Lipinski definition) is 4. The van der Waals surface area contributed by atoms with Crippen LogP contribution < -0.4 is 0 Å². The van der Waals surface area contributed by atoms with E-state index in [1.54, 1.807) is 0 Å². The summed E-state index contributed by atoms with van der Waals surface area (Å²) in [6, 6.07) is 0. The number of hydrogen-bond donors (Lipinski definition) is 0. The van der Waals surface area contributed by atoms with Crippen molar-refractivity contribution in [3.05, 3.63) is 0 Å². The monoisotopic (exact) mass is 244 g/mol. The average Bonchev–Trinajstić information content (AvgIpc) is 2.18. The van der Waals surface area contributed by atoms with Crippen LogP contribution in [0.3, 0.4) is 0 Å². The van der Waals surface area contributed by atoms with Crippen molar-refractivity contribution >= 4 is 5.97 Å². The lowest BCUT2D eigenvalue weighted by Crippen LogP contribution is -2.43. The van der Waals surface area contributed by atoms with Gasteiger partial charge in [0, 0.05) is 0 Å². The van der Waals surface area contributed by atoms with Gasteiger partial charge in [0.2, 0.25) is 0 Å². The number of carbonyl (C=O) groups excluding carboxylic acids is 1. The smallest absolute Gasteiger partial charge is 0.308 e. The lowest BCUT2D eigenvalue weighted by Gasteiger charge is -2.41. The SMILES string of the molecule is COC(=O)CC1(OCCOC(C)(C)C)CCC1. The van der Waals surface area contributed by atoms with Gasteiger partial charge in [0.15, 0.2) is 0 Å². The Balaban J connectivity index is 2.25. The molecule has 100 valence electrons. The molecule has 0 aromatic heterocycles. The normalized spacial score (nSPS) is 18.6. The van der Waals surface area contributed by atoms with Gasteiger partial charge >= 0.3 is 5.97 Å². The van der Waals surface area contributed by atoms with E-state index in [1.807, 2.05) is 20.8 Å². The van der Waals surface area contributed by atoms with Crippen molar-refractivity contribution in [2.75, 3.05) is 20.3 Å². The Hall–Kier alpha value is -0.610. The van der Waals surface area contributed by atoms with Gasteiger partial charge in [-0.2, -0.15) is 0 Å². The number of esters is 1. The largest absolute Gasteiger partial charge is 0.469 e. The van der Waals surface area contributed by atoms with Gasteiger partial charge in [-0.15, -0.1) is 0 Å². The van der Waals surface area contributed by atoms with Gasteiger partial charge in [0.05, 0.1) is 37.9 Å². The molecule has 1 saturated carbocycles. The number of ether oxygens (including phenoxy) is 3. The minimum Gasteiger partial charge on any atom is -0.469 e. The van der Waals surface area contributed by atoms with Crippen LogP contribution >= 0.6 is 0 Å². The second-order valence-corrected chi connectivity index (χ2v) is 5.60. The fourth-order valence-corrected chi connectivity index (χ4v) is 1.88. The third-order valence-electron chi connectivity index (χ3n) is 2.99. The van der Waals surface area contributed by atoms with E-state index in [0.717, 1.165) is 19.3 Å². The molecule has 0 amide bonds. The lowest BCUT2D eigenvalue weighted by molar-refractivity contribution is -0.162. The summed E-state index contributed by atoms with van der Waals surface area (Å²) in [7, 11) is 1.41. The van der Waals surface area contributed by atoms with E-state index < -0.39 is 0 Å². The van der Waals surface area contributed by atoms with Crippen LogP contribution in [0.25, 0.3) is 0 Å². The van der Waals surface area contributed by atoms with Crippen LogP contribution in [0.4, 0.5) is 0 Å². The average molecular weight is 244 g/mol. The van der Waals surface area contributed by atoms with Crippen LogP contribution in [0, 0.1) is 0 Å². The maximum absolute atomic E-state index is 11.3. The van der Waals surface area contributed by atoms with E-state index in [-0.39, 0.29) is 17.2 Å². The minimum absolute atomic E-state index is 0.140. The molecule has 4 nitrogen and oxygen atoms in total. The summed E-state index contributed by atoms with van der Waals surface area (Å²) in [5, 5.41) is 0. The molecule has 0 heterocycles. The minimum atomic E-state index is -0.283. The van der Waals surface area contributed by atoms with Gasteiger partial charge in [-0.05, 0) is 40.0 Å². The molecule has 0 bridgehead atoms. The van der Waals surface area contributed by atoms with Crippen LogP contribution in [0.2, 0.25) is 0 Å². The molecule has 1 fully saturated rings. The maximum Gasteiger partial charge on any atom is 0.308 e. The molecule has 0 atom stereocenters. The molecular formula is C13H24O4. The molecule has 0 radical (unpaired) electrons. The molecule has 1 aliphatic rings. The fraction of sp³-hybridized carbons (Fsp3) is 0.923. The van der Waals surface area contributed by atoms with E-state index in [9.17, 15) is 4.79 Å². The molecule has 1 aliphatic carbocycles. The molecule has 0 N–H and O–H groups in total. The highest BCUT2D eigenvalue weighted by Gasteiger charge is 2.40. The zero-order valence-corrected chi connectivity index (χ0v) is 11.4. The molecule has 0 aromatic rings. The van der Waals surface area contributed by atoms with Crippen molar-refractivity contribution in [1.29, 1.82) is 0 Å². The second-order valence-electron chi connectivity index (χ2n) is 5.60. The highest BCUT2D eigenvalue weighted by molar-refractivity contribution is 5.70. The summed E-state index contributed by atoms with van der Waals surface area (Å²) in [6.07, 6.45) is 3.37. The first-order chi connectivity index (χ1) is 7.87. The molecule has 4 heteroatoms. The van der Waals surface area contributed by atoms with Crippen LogP contribution in [-0.2, 0) is 19.0 Å². The van der Waals surface area contributed by atoms with Crippen molar-refractivity contribution in [2.24, 2.45) is 0 Å². The first kappa shape index (κ1) is 14.5. The quantitative estimate of drug-likeness (QED) is 0.531. The predicted molar refractivity (Wildman–Crippen MR) is 64.9 cm³/mol. The Bertz CT molecular complexity index is 251. The maximum atomic E-state index is 11.3. The van der Waals surface area contributed by atoms with E-state index >= 15 is 0 Å². The number of rotatable bonds is 6. The molecule has 0 saturated heterocycles. The fourth-order valence-electron chi connectivity index (χ4n) is 1.88. The Labute approximate surface area is 104 Å². The molecule has 1 rings (SSSR count). The van der Waals surface area contributed by atoms with E-state index in [1.165, 1.54) is 7.11 Å². The van der Waals surface area contributed by atoms with Gasteiger partial charge in [0.25, 0.3) is 0 Å². The Morgan fingerprint density at radius 2 is 1.88 bits per heavy atom. The summed E-state index contributed by atoms with van der Waals surface area (Å²) in [5.74, 6) is -0.193. The standard InChI is InChI=1S/C13H24O4/c1-12(2,3)16-8-9-17-13(6-5-7-13)10-11(14)15-4/h5-10H2,1-4H3. The second kappa shape index (κ2) is 5.83. The van der Waals surface area contributed by atoms with Gasteiger partial charge in [-0.3, -0.25) is 4.79 Å². The van der Waals surface area contributed by atoms with Gasteiger partial charge in [0.1, 0.15) is 0 Å². The van der Waals surface area contributed by atoms with Crippen molar-refractivity contribution in [2.45, 2.75) is 57.7 Å².